The zero-order valence-corrected chi connectivity index (χ0v) is 18.4. The molecule has 0 aliphatic heterocycles. The summed E-state index contributed by atoms with van der Waals surface area (Å²) in [5, 5.41) is 9.22. The third-order valence-corrected chi connectivity index (χ3v) is 3.97. The topological polar surface area (TPSA) is 78.4 Å². The third kappa shape index (κ3) is 7.54. The van der Waals surface area contributed by atoms with Crippen molar-refractivity contribution in [3.63, 3.8) is 0 Å². The van der Waals surface area contributed by atoms with Crippen LogP contribution in [-0.4, -0.2) is 37.0 Å². The number of hydrogen-bond acceptors (Lipinski definition) is 3. The molecule has 2 aromatic rings. The monoisotopic (exact) mass is 481 g/mol. The molecule has 0 aliphatic rings. The first-order valence-corrected chi connectivity index (χ1v) is 8.87. The fourth-order valence-corrected chi connectivity index (χ4v) is 2.52. The number of guanidine groups is 1. The smallest absolute Gasteiger partial charge is 0.251 e. The Morgan fingerprint density at radius 2 is 2.00 bits per heavy atom. The number of nitrogens with zero attached hydrogens (tertiary/aromatic N) is 2. The van der Waals surface area contributed by atoms with Gasteiger partial charge in [0.05, 0.1) is 12.2 Å². The predicted molar refractivity (Wildman–Crippen MR) is 121 cm³/mol. The molecule has 1 heterocycles. The molecule has 0 aliphatic carbocycles. The van der Waals surface area contributed by atoms with Crippen molar-refractivity contribution in [3.8, 4) is 0 Å². The number of pyridine rings is 1. The Hall–Kier alpha value is -2.16. The highest BCUT2D eigenvalue weighted by Crippen LogP contribution is 2.06. The van der Waals surface area contributed by atoms with E-state index in [4.69, 9.17) is 0 Å². The van der Waals surface area contributed by atoms with Crippen molar-refractivity contribution >= 4 is 35.8 Å². The molecule has 0 bridgehead atoms. The largest absolute Gasteiger partial charge is 0.357 e. The van der Waals surface area contributed by atoms with Crippen molar-refractivity contribution in [1.29, 1.82) is 0 Å². The summed E-state index contributed by atoms with van der Waals surface area (Å²) in [5.74, 6) is 0.695. The predicted octanol–water partition coefficient (Wildman–Crippen LogP) is 2.67. The molecular formula is C20H28IN5O. The van der Waals surface area contributed by atoms with Crippen LogP contribution < -0.4 is 16.0 Å². The van der Waals surface area contributed by atoms with E-state index in [1.165, 1.54) is 0 Å². The Morgan fingerprint density at radius 1 is 1.19 bits per heavy atom. The van der Waals surface area contributed by atoms with Gasteiger partial charge in [0, 0.05) is 31.9 Å². The zero-order chi connectivity index (χ0) is 18.8. The number of benzene rings is 1. The van der Waals surface area contributed by atoms with E-state index in [9.17, 15) is 4.79 Å². The summed E-state index contributed by atoms with van der Waals surface area (Å²) < 4.78 is 0. The van der Waals surface area contributed by atoms with Gasteiger partial charge in [0.15, 0.2) is 5.96 Å². The second-order valence-electron chi connectivity index (χ2n) is 5.92. The van der Waals surface area contributed by atoms with Crippen LogP contribution >= 0.6 is 24.0 Å². The first kappa shape index (κ1) is 22.9. The third-order valence-electron chi connectivity index (χ3n) is 3.97. The lowest BCUT2D eigenvalue weighted by Gasteiger charge is -2.12. The number of aryl methyl sites for hydroxylation is 1. The van der Waals surface area contributed by atoms with E-state index in [-0.39, 0.29) is 29.9 Å². The first-order chi connectivity index (χ1) is 12.6. The van der Waals surface area contributed by atoms with E-state index in [1.54, 1.807) is 13.2 Å². The van der Waals surface area contributed by atoms with Crippen LogP contribution in [0, 0.1) is 6.92 Å². The maximum absolute atomic E-state index is 11.7. The maximum atomic E-state index is 11.7. The summed E-state index contributed by atoms with van der Waals surface area (Å²) in [6.07, 6.45) is 2.59. The fourth-order valence-electron chi connectivity index (χ4n) is 2.52. The SMILES string of the molecule is CCNC(=NCc1ncccc1C)NCCc1cccc(C(=O)NC)c1.I. The van der Waals surface area contributed by atoms with E-state index in [0.29, 0.717) is 12.1 Å². The second kappa shape index (κ2) is 12.3. The first-order valence-electron chi connectivity index (χ1n) is 8.87. The van der Waals surface area contributed by atoms with Crippen LogP contribution in [0.25, 0.3) is 0 Å². The highest BCUT2D eigenvalue weighted by atomic mass is 127. The van der Waals surface area contributed by atoms with E-state index in [1.807, 2.05) is 50.2 Å². The van der Waals surface area contributed by atoms with Crippen LogP contribution in [0.15, 0.2) is 47.6 Å². The number of aromatic nitrogens is 1. The molecule has 0 unspecified atom stereocenters. The molecule has 0 radical (unpaired) electrons. The molecule has 0 atom stereocenters. The Labute approximate surface area is 178 Å². The Bertz CT molecular complexity index is 764. The lowest BCUT2D eigenvalue weighted by molar-refractivity contribution is 0.0963. The molecule has 0 fully saturated rings. The van der Waals surface area contributed by atoms with Crippen molar-refractivity contribution in [3.05, 3.63) is 65.0 Å². The van der Waals surface area contributed by atoms with Crippen molar-refractivity contribution in [2.45, 2.75) is 26.8 Å². The van der Waals surface area contributed by atoms with Crippen LogP contribution in [0.1, 0.15) is 34.1 Å². The average molecular weight is 481 g/mol. The number of rotatable bonds is 7. The second-order valence-corrected chi connectivity index (χ2v) is 5.92. The molecule has 2 rings (SSSR count). The number of hydrogen-bond donors (Lipinski definition) is 3. The number of carbonyl (C=O) groups excluding carboxylic acids is 1. The number of nitrogens with one attached hydrogen (secondary N) is 3. The number of carbonyl (C=O) groups is 1. The van der Waals surface area contributed by atoms with Gasteiger partial charge in [0.2, 0.25) is 0 Å². The van der Waals surface area contributed by atoms with Gasteiger partial charge in [-0.05, 0) is 49.6 Å². The lowest BCUT2D eigenvalue weighted by atomic mass is 10.1. The molecule has 146 valence electrons. The Kier molecular flexibility index (Phi) is 10.4. The van der Waals surface area contributed by atoms with Crippen molar-refractivity contribution in [2.24, 2.45) is 4.99 Å². The standard InChI is InChI=1S/C20H27N5O.HI/c1-4-22-20(25-14-18-15(2)7-6-11-23-18)24-12-10-16-8-5-9-17(13-16)19(26)21-3;/h5-9,11,13H,4,10,12,14H2,1-3H3,(H,21,26)(H2,22,24,25);1H. The van der Waals surface area contributed by atoms with Gasteiger partial charge in [-0.2, -0.15) is 0 Å². The van der Waals surface area contributed by atoms with Gasteiger partial charge in [-0.25, -0.2) is 4.99 Å². The highest BCUT2D eigenvalue weighted by Gasteiger charge is 2.04. The maximum Gasteiger partial charge on any atom is 0.251 e. The van der Waals surface area contributed by atoms with Gasteiger partial charge in [0.25, 0.3) is 5.91 Å². The van der Waals surface area contributed by atoms with Crippen LogP contribution in [0.2, 0.25) is 0 Å². The van der Waals surface area contributed by atoms with Gasteiger partial charge in [-0.15, -0.1) is 24.0 Å². The van der Waals surface area contributed by atoms with Crippen LogP contribution in [0.3, 0.4) is 0 Å². The molecule has 0 saturated heterocycles. The Morgan fingerprint density at radius 3 is 2.70 bits per heavy atom. The summed E-state index contributed by atoms with van der Waals surface area (Å²) in [7, 11) is 1.64. The average Bonchev–Trinajstić information content (AvgIpc) is 2.66. The van der Waals surface area contributed by atoms with Gasteiger partial charge in [-0.3, -0.25) is 9.78 Å². The summed E-state index contributed by atoms with van der Waals surface area (Å²) >= 11 is 0. The molecule has 3 N–H and O–H groups in total. The van der Waals surface area contributed by atoms with Gasteiger partial charge < -0.3 is 16.0 Å². The fraction of sp³-hybridized carbons (Fsp3) is 0.350. The molecular weight excluding hydrogens is 453 g/mol. The molecule has 7 heteroatoms. The summed E-state index contributed by atoms with van der Waals surface area (Å²) in [5.41, 5.74) is 3.90. The minimum Gasteiger partial charge on any atom is -0.357 e. The van der Waals surface area contributed by atoms with E-state index >= 15 is 0 Å². The molecule has 6 nitrogen and oxygen atoms in total. The normalized spacial score (nSPS) is 10.7. The summed E-state index contributed by atoms with van der Waals surface area (Å²) in [6, 6.07) is 11.6. The molecule has 1 aromatic carbocycles. The molecule has 1 amide bonds. The summed E-state index contributed by atoms with van der Waals surface area (Å²) in [4.78, 5) is 20.7. The van der Waals surface area contributed by atoms with Gasteiger partial charge in [0.1, 0.15) is 0 Å². The van der Waals surface area contributed by atoms with Gasteiger partial charge in [-0.1, -0.05) is 18.2 Å². The molecule has 0 saturated carbocycles. The zero-order valence-electron chi connectivity index (χ0n) is 16.1. The van der Waals surface area contributed by atoms with E-state index < -0.39 is 0 Å². The quantitative estimate of drug-likeness (QED) is 0.323. The molecule has 1 aromatic heterocycles. The van der Waals surface area contributed by atoms with E-state index in [2.05, 4.69) is 25.9 Å². The minimum absolute atomic E-state index is 0. The Balaban J connectivity index is 0.00000364. The van der Waals surface area contributed by atoms with Crippen LogP contribution in [0.4, 0.5) is 0 Å². The minimum atomic E-state index is -0.0690. The van der Waals surface area contributed by atoms with Gasteiger partial charge >= 0.3 is 0 Å². The van der Waals surface area contributed by atoms with Crippen molar-refractivity contribution < 1.29 is 4.79 Å². The number of aliphatic imine (C=N–C) groups is 1. The lowest BCUT2D eigenvalue weighted by Crippen LogP contribution is -2.38. The number of amides is 1. The van der Waals surface area contributed by atoms with Crippen molar-refractivity contribution in [1.82, 2.24) is 20.9 Å². The van der Waals surface area contributed by atoms with Crippen LogP contribution in [0.5, 0.6) is 0 Å². The van der Waals surface area contributed by atoms with Crippen LogP contribution in [-0.2, 0) is 13.0 Å². The molecule has 0 spiro atoms. The number of halogens is 1. The van der Waals surface area contributed by atoms with Crippen molar-refractivity contribution in [2.75, 3.05) is 20.1 Å². The van der Waals surface area contributed by atoms with E-state index in [0.717, 1.165) is 42.3 Å². The highest BCUT2D eigenvalue weighted by molar-refractivity contribution is 14.0. The summed E-state index contributed by atoms with van der Waals surface area (Å²) in [6.45, 7) is 6.13. The molecule has 27 heavy (non-hydrogen) atoms.